The quantitative estimate of drug-likeness (QED) is 0.0523. The maximum Gasteiger partial charge on any atom is 0.330 e. The minimum absolute atomic E-state index is 0.0226. The van der Waals surface area contributed by atoms with Gasteiger partial charge >= 0.3 is 5.69 Å². The van der Waals surface area contributed by atoms with Gasteiger partial charge in [-0.3, -0.25) is 14.3 Å². The van der Waals surface area contributed by atoms with Crippen molar-refractivity contribution >= 4 is 19.9 Å². The van der Waals surface area contributed by atoms with Crippen LogP contribution in [-0.4, -0.2) is 65.9 Å². The van der Waals surface area contributed by atoms with Crippen molar-refractivity contribution in [2.45, 2.75) is 76.7 Å². The van der Waals surface area contributed by atoms with Crippen LogP contribution in [0.4, 0.5) is 0 Å². The van der Waals surface area contributed by atoms with E-state index in [2.05, 4.69) is 43.4 Å². The van der Waals surface area contributed by atoms with E-state index < -0.39 is 43.8 Å². The highest BCUT2D eigenvalue weighted by atomic mass is 32.1. The van der Waals surface area contributed by atoms with Crippen LogP contribution in [-0.2, 0) is 24.1 Å². The smallest absolute Gasteiger partial charge is 0.330 e. The van der Waals surface area contributed by atoms with Crippen molar-refractivity contribution in [1.82, 2.24) is 14.2 Å². The molecule has 0 bridgehead atoms. The highest BCUT2D eigenvalue weighted by Crippen LogP contribution is 2.51. The van der Waals surface area contributed by atoms with E-state index >= 15 is 0 Å². The van der Waals surface area contributed by atoms with Gasteiger partial charge in [-0.15, -0.1) is 11.3 Å². The molecule has 5 aromatic rings. The maximum absolute atomic E-state index is 13.5. The van der Waals surface area contributed by atoms with Crippen LogP contribution in [0.2, 0.25) is 0 Å². The van der Waals surface area contributed by atoms with Gasteiger partial charge in [0.15, 0.2) is 0 Å². The summed E-state index contributed by atoms with van der Waals surface area (Å²) in [7, 11) is 1.56. The first kappa shape index (κ1) is 42.0. The van der Waals surface area contributed by atoms with Gasteiger partial charge in [0.05, 0.1) is 51.6 Å². The van der Waals surface area contributed by atoms with Gasteiger partial charge in [0, 0.05) is 29.6 Å². The monoisotopic (exact) mass is 812 g/mol. The van der Waals surface area contributed by atoms with Gasteiger partial charge in [-0.1, -0.05) is 60.7 Å². The molecule has 6 rings (SSSR count). The van der Waals surface area contributed by atoms with Gasteiger partial charge in [-0.25, -0.2) is 9.46 Å². The molecule has 4 atom stereocenters. The molecule has 1 unspecified atom stereocenters. The predicted octanol–water partition coefficient (Wildman–Crippen LogP) is 8.24. The molecule has 0 amide bonds. The normalized spacial score (nSPS) is 17.6. The van der Waals surface area contributed by atoms with E-state index in [4.69, 9.17) is 28.0 Å². The summed E-state index contributed by atoms with van der Waals surface area (Å²) in [4.78, 5) is 29.7. The molecular formula is C43H49N4O8PS. The van der Waals surface area contributed by atoms with E-state index in [0.717, 1.165) is 21.6 Å². The molecule has 1 N–H and O–H groups in total. The van der Waals surface area contributed by atoms with Crippen LogP contribution in [0.15, 0.2) is 112 Å². The lowest BCUT2D eigenvalue weighted by Gasteiger charge is -2.39. The number of thiophene rings is 1. The number of nitriles is 1. The number of H-pyrrole nitrogens is 1. The van der Waals surface area contributed by atoms with E-state index in [1.165, 1.54) is 15.9 Å². The zero-order valence-corrected chi connectivity index (χ0v) is 34.7. The number of nitrogens with zero attached hydrogens (tertiary/aromatic N) is 3. The molecule has 0 saturated carbocycles. The lowest BCUT2D eigenvalue weighted by atomic mass is 9.80. The van der Waals surface area contributed by atoms with Crippen LogP contribution in [0.5, 0.6) is 11.5 Å². The summed E-state index contributed by atoms with van der Waals surface area (Å²) >= 11 is 1.40. The summed E-state index contributed by atoms with van der Waals surface area (Å²) in [6.07, 6.45) is -0.164. The third kappa shape index (κ3) is 9.40. The fourth-order valence-electron chi connectivity index (χ4n) is 7.13. The zero-order chi connectivity index (χ0) is 40.5. The standard InChI is InChI=1S/C43H49N4O8PS/c1-29(2)47(30(3)4)56(53-24-11-23-44)55-37-26-40(46-27-36(39-14-10-25-57-39)41(48)45-42(46)49)54-38(37)28-52-43(31-12-8-7-9-13-31,32-15-19-34(50-5)20-16-32)33-17-21-35(51-6)22-18-33/h7-10,12-22,25,27,29-30,37-38,40H,11,24,26,28H2,1-6H3,(H,45,48,49)/t37-,38+,40+,56?/m0/s1. The van der Waals surface area contributed by atoms with Crippen molar-refractivity contribution < 1.29 is 28.0 Å². The van der Waals surface area contributed by atoms with Crippen LogP contribution in [0.3, 0.4) is 0 Å². The summed E-state index contributed by atoms with van der Waals surface area (Å²) in [5.74, 6) is 1.40. The minimum Gasteiger partial charge on any atom is -0.497 e. The summed E-state index contributed by atoms with van der Waals surface area (Å²) in [5, 5.41) is 11.2. The second-order valence-corrected chi connectivity index (χ2v) is 16.4. The highest BCUT2D eigenvalue weighted by molar-refractivity contribution is 7.44. The second kappa shape index (κ2) is 19.2. The third-order valence-electron chi connectivity index (χ3n) is 9.77. The SMILES string of the molecule is COc1ccc(C(OC[C@H]2O[C@@H](n3cc(-c4cccs4)c(=O)[nH]c3=O)C[C@@H]2OP(OCCC#N)N(C(C)C)C(C)C)(c2ccccc2)c2ccc(OC)cc2)cc1. The van der Waals surface area contributed by atoms with Crippen molar-refractivity contribution in [1.29, 1.82) is 5.26 Å². The molecule has 14 heteroatoms. The fourth-order valence-corrected chi connectivity index (χ4v) is 9.62. The van der Waals surface area contributed by atoms with E-state index in [1.807, 2.05) is 96.4 Å². The topological polar surface area (TPSA) is 137 Å². The number of methoxy groups -OCH3 is 2. The van der Waals surface area contributed by atoms with Gasteiger partial charge in [0.1, 0.15) is 29.4 Å². The Morgan fingerprint density at radius 1 is 0.912 bits per heavy atom. The molecule has 3 heterocycles. The second-order valence-electron chi connectivity index (χ2n) is 14.1. The van der Waals surface area contributed by atoms with Gasteiger partial charge in [-0.2, -0.15) is 5.26 Å². The maximum atomic E-state index is 13.5. The lowest BCUT2D eigenvalue weighted by Crippen LogP contribution is -2.39. The van der Waals surface area contributed by atoms with Gasteiger partial charge in [0.25, 0.3) is 14.1 Å². The molecule has 0 spiro atoms. The van der Waals surface area contributed by atoms with Crippen LogP contribution < -0.4 is 20.7 Å². The zero-order valence-electron chi connectivity index (χ0n) is 33.0. The third-order valence-corrected chi connectivity index (χ3v) is 12.8. The molecule has 300 valence electrons. The largest absolute Gasteiger partial charge is 0.497 e. The summed E-state index contributed by atoms with van der Waals surface area (Å²) in [6, 6.07) is 31.5. The molecule has 3 aromatic carbocycles. The van der Waals surface area contributed by atoms with Crippen LogP contribution in [0.25, 0.3) is 10.4 Å². The van der Waals surface area contributed by atoms with E-state index in [0.29, 0.717) is 17.1 Å². The summed E-state index contributed by atoms with van der Waals surface area (Å²) in [5.41, 5.74) is 0.698. The number of aromatic amines is 1. The fraction of sp³-hybridized carbons (Fsp3) is 0.372. The Balaban J connectivity index is 1.45. The molecule has 0 aliphatic carbocycles. The number of rotatable bonds is 18. The molecule has 1 saturated heterocycles. The Bertz CT molecular complexity index is 2130. The Kier molecular flexibility index (Phi) is 14.1. The molecule has 57 heavy (non-hydrogen) atoms. The molecule has 1 aliphatic heterocycles. The van der Waals surface area contributed by atoms with E-state index in [-0.39, 0.29) is 38.1 Å². The van der Waals surface area contributed by atoms with Crippen molar-refractivity contribution in [3.63, 3.8) is 0 Å². The van der Waals surface area contributed by atoms with Crippen LogP contribution in [0, 0.1) is 11.3 Å². The Labute approximate surface area is 338 Å². The number of hydrogen-bond donors (Lipinski definition) is 1. The molecule has 1 fully saturated rings. The molecular weight excluding hydrogens is 764 g/mol. The molecule has 2 aromatic heterocycles. The van der Waals surface area contributed by atoms with Crippen molar-refractivity contribution in [3.05, 3.63) is 140 Å². The van der Waals surface area contributed by atoms with E-state index in [9.17, 15) is 14.9 Å². The van der Waals surface area contributed by atoms with E-state index in [1.54, 1.807) is 20.4 Å². The number of ether oxygens (including phenoxy) is 4. The first-order valence-electron chi connectivity index (χ1n) is 18.9. The molecule has 12 nitrogen and oxygen atoms in total. The average Bonchev–Trinajstić information content (AvgIpc) is 3.90. The Hall–Kier alpha value is -4.64. The van der Waals surface area contributed by atoms with Gasteiger partial charge in [0.2, 0.25) is 0 Å². The minimum atomic E-state index is -1.70. The Morgan fingerprint density at radius 2 is 1.53 bits per heavy atom. The average molecular weight is 813 g/mol. The van der Waals surface area contributed by atoms with Gasteiger partial charge < -0.3 is 28.0 Å². The lowest BCUT2D eigenvalue weighted by molar-refractivity contribution is -0.0925. The van der Waals surface area contributed by atoms with Crippen LogP contribution >= 0.6 is 19.9 Å². The van der Waals surface area contributed by atoms with Crippen molar-refractivity contribution in [2.24, 2.45) is 0 Å². The number of benzene rings is 3. The van der Waals surface area contributed by atoms with Crippen molar-refractivity contribution in [2.75, 3.05) is 27.4 Å². The first-order chi connectivity index (χ1) is 27.6. The first-order valence-corrected chi connectivity index (χ1v) is 20.9. The number of hydrogen-bond acceptors (Lipinski definition) is 11. The molecule has 0 radical (unpaired) electrons. The summed E-state index contributed by atoms with van der Waals surface area (Å²) < 4.78 is 42.0. The number of aromatic nitrogens is 2. The predicted molar refractivity (Wildman–Crippen MR) is 222 cm³/mol. The Morgan fingerprint density at radius 3 is 2.07 bits per heavy atom. The van der Waals surface area contributed by atoms with Gasteiger partial charge in [-0.05, 0) is 80.1 Å². The summed E-state index contributed by atoms with van der Waals surface area (Å²) in [6.45, 7) is 8.51. The molecule has 1 aliphatic rings. The van der Waals surface area contributed by atoms with Crippen molar-refractivity contribution in [3.8, 4) is 28.0 Å². The highest BCUT2D eigenvalue weighted by Gasteiger charge is 2.45. The van der Waals surface area contributed by atoms with Crippen LogP contribution in [0.1, 0.15) is 63.5 Å². The number of nitrogens with one attached hydrogen (secondary N) is 1.